The van der Waals surface area contributed by atoms with E-state index in [4.69, 9.17) is 6.42 Å². The molecule has 0 amide bonds. The minimum atomic E-state index is 0.709. The largest absolute Gasteiger partial charge is 0.120 e. The third-order valence-corrected chi connectivity index (χ3v) is 3.28. The van der Waals surface area contributed by atoms with Gasteiger partial charge < -0.3 is 0 Å². The van der Waals surface area contributed by atoms with Crippen molar-refractivity contribution in [1.29, 1.82) is 0 Å². The van der Waals surface area contributed by atoms with Gasteiger partial charge in [-0.25, -0.2) is 0 Å². The maximum Gasteiger partial charge on any atom is 0.0597 e. The molecule has 0 nitrogen and oxygen atoms in total. The second kappa shape index (κ2) is 16.7. The van der Waals surface area contributed by atoms with Crippen molar-refractivity contribution in [2.45, 2.75) is 77.6 Å². The van der Waals surface area contributed by atoms with Crippen LogP contribution < -0.4 is 0 Å². The highest BCUT2D eigenvalue weighted by Gasteiger charge is 2.03. The summed E-state index contributed by atoms with van der Waals surface area (Å²) < 4.78 is 0. The zero-order chi connectivity index (χ0) is 15.6. The van der Waals surface area contributed by atoms with Crippen LogP contribution in [0.15, 0.2) is 24.8 Å². The van der Waals surface area contributed by atoms with Gasteiger partial charge in [-0.15, -0.1) is 24.8 Å². The first-order valence-electron chi connectivity index (χ1n) is 8.38. The molecular weight excluding hydrogens is 252 g/mol. The number of unbranched alkanes of at least 4 members (excludes halogenated alkanes) is 6. The maximum atomic E-state index is 5.42. The van der Waals surface area contributed by atoms with Gasteiger partial charge in [0.1, 0.15) is 0 Å². The molecule has 0 N–H and O–H groups in total. The van der Waals surface area contributed by atoms with E-state index in [1.165, 1.54) is 44.4 Å². The van der Waals surface area contributed by atoms with E-state index in [1.807, 2.05) is 6.08 Å². The first kappa shape index (κ1) is 19.6. The van der Waals surface area contributed by atoms with Crippen LogP contribution in [0, 0.1) is 30.1 Å². The summed E-state index contributed by atoms with van der Waals surface area (Å²) in [5.41, 5.74) is 0. The molecule has 0 heteroatoms. The van der Waals surface area contributed by atoms with Crippen molar-refractivity contribution < 1.29 is 0 Å². The molecule has 0 aromatic heterocycles. The predicted molar refractivity (Wildman–Crippen MR) is 95.7 cm³/mol. The highest BCUT2D eigenvalue weighted by molar-refractivity contribution is 5.24. The second-order valence-electron chi connectivity index (χ2n) is 5.33. The van der Waals surface area contributed by atoms with Gasteiger partial charge in [0.25, 0.3) is 0 Å². The number of hydrogen-bond acceptors (Lipinski definition) is 0. The number of hydrogen-bond donors (Lipinski definition) is 0. The summed E-state index contributed by atoms with van der Waals surface area (Å²) in [5.74, 6) is 10.5. The molecule has 0 unspecified atom stereocenters. The van der Waals surface area contributed by atoms with Gasteiger partial charge in [-0.3, -0.25) is 0 Å². The van der Waals surface area contributed by atoms with Crippen LogP contribution in [-0.2, 0) is 0 Å². The van der Waals surface area contributed by atoms with E-state index >= 15 is 0 Å². The van der Waals surface area contributed by atoms with E-state index in [0.29, 0.717) is 6.42 Å². The third-order valence-electron chi connectivity index (χ3n) is 3.28. The predicted octanol–water partition coefficient (Wildman–Crippen LogP) is 6.25. The van der Waals surface area contributed by atoms with Gasteiger partial charge in [-0.05, 0) is 38.5 Å². The molecule has 0 aromatic rings. The molecule has 0 saturated carbocycles. The van der Waals surface area contributed by atoms with E-state index in [-0.39, 0.29) is 0 Å². The second-order valence-corrected chi connectivity index (χ2v) is 5.33. The molecule has 0 fully saturated rings. The molecule has 0 aromatic carbocycles. The molecule has 0 aliphatic rings. The van der Waals surface area contributed by atoms with Crippen LogP contribution in [0.3, 0.4) is 0 Å². The Bertz CT molecular complexity index is 356. The van der Waals surface area contributed by atoms with Crippen LogP contribution >= 0.6 is 0 Å². The van der Waals surface area contributed by atoms with Gasteiger partial charge in [0.05, 0.1) is 5.92 Å². The standard InChI is InChI=1S/C21H31/c1-4-7-9-11-12-13-15-17-20-21(18-6-3)19-16-14-10-8-5-2/h3,5,11-12H,2,4,7-10,13-15,17-18,20H2,1H3. The molecule has 0 spiro atoms. The normalized spacial score (nSPS) is 10.3. The summed E-state index contributed by atoms with van der Waals surface area (Å²) in [6.07, 6.45) is 24.3. The molecule has 0 aliphatic carbocycles. The summed E-state index contributed by atoms with van der Waals surface area (Å²) >= 11 is 0. The van der Waals surface area contributed by atoms with Crippen LogP contribution in [0.4, 0.5) is 0 Å². The van der Waals surface area contributed by atoms with E-state index in [0.717, 1.165) is 25.7 Å². The highest BCUT2D eigenvalue weighted by Crippen LogP contribution is 2.15. The average Bonchev–Trinajstić information content (AvgIpc) is 2.49. The maximum absolute atomic E-state index is 5.42. The van der Waals surface area contributed by atoms with E-state index in [9.17, 15) is 0 Å². The number of rotatable bonds is 12. The van der Waals surface area contributed by atoms with Crippen molar-refractivity contribution in [3.8, 4) is 24.2 Å². The van der Waals surface area contributed by atoms with E-state index < -0.39 is 0 Å². The van der Waals surface area contributed by atoms with Crippen molar-refractivity contribution in [2.75, 3.05) is 0 Å². The number of allylic oxidation sites excluding steroid dienone is 3. The molecule has 0 saturated heterocycles. The molecule has 1 radical (unpaired) electrons. The Labute approximate surface area is 133 Å². The Morgan fingerprint density at radius 2 is 1.81 bits per heavy atom. The zero-order valence-corrected chi connectivity index (χ0v) is 13.8. The van der Waals surface area contributed by atoms with Crippen molar-refractivity contribution in [3.63, 3.8) is 0 Å². The van der Waals surface area contributed by atoms with Crippen LogP contribution in [0.1, 0.15) is 77.6 Å². The lowest BCUT2D eigenvalue weighted by atomic mass is 9.98. The summed E-state index contributed by atoms with van der Waals surface area (Å²) in [4.78, 5) is 0. The van der Waals surface area contributed by atoms with Crippen LogP contribution in [-0.4, -0.2) is 0 Å². The Morgan fingerprint density at radius 3 is 2.48 bits per heavy atom. The van der Waals surface area contributed by atoms with Crippen LogP contribution in [0.25, 0.3) is 0 Å². The van der Waals surface area contributed by atoms with E-state index in [2.05, 4.69) is 43.4 Å². The third kappa shape index (κ3) is 14.8. The molecule has 0 bridgehead atoms. The SMILES string of the molecule is C#CC[C](C#CCCCC=C)CCCCC=CCCCC. The monoisotopic (exact) mass is 283 g/mol. The molecular formula is C21H31. The lowest BCUT2D eigenvalue weighted by Crippen LogP contribution is -1.93. The lowest BCUT2D eigenvalue weighted by Gasteiger charge is -2.05. The van der Waals surface area contributed by atoms with Crippen molar-refractivity contribution in [3.05, 3.63) is 30.7 Å². The molecule has 115 valence electrons. The van der Waals surface area contributed by atoms with Crippen molar-refractivity contribution in [1.82, 2.24) is 0 Å². The molecule has 0 rings (SSSR count). The highest BCUT2D eigenvalue weighted by atomic mass is 14.1. The minimum Gasteiger partial charge on any atom is -0.120 e. The van der Waals surface area contributed by atoms with Gasteiger partial charge in [0.15, 0.2) is 0 Å². The summed E-state index contributed by atoms with van der Waals surface area (Å²) in [6, 6.07) is 0. The fourth-order valence-corrected chi connectivity index (χ4v) is 2.00. The van der Waals surface area contributed by atoms with Gasteiger partial charge in [0.2, 0.25) is 0 Å². The Kier molecular flexibility index (Phi) is 15.5. The fourth-order valence-electron chi connectivity index (χ4n) is 2.00. The summed E-state index contributed by atoms with van der Waals surface area (Å²) in [6.45, 7) is 5.95. The molecule has 0 aliphatic heterocycles. The van der Waals surface area contributed by atoms with Crippen LogP contribution in [0.2, 0.25) is 0 Å². The van der Waals surface area contributed by atoms with Crippen molar-refractivity contribution in [2.24, 2.45) is 0 Å². The minimum absolute atomic E-state index is 0.709. The van der Waals surface area contributed by atoms with Gasteiger partial charge in [-0.2, -0.15) is 0 Å². The van der Waals surface area contributed by atoms with E-state index in [1.54, 1.807) is 0 Å². The van der Waals surface area contributed by atoms with Crippen LogP contribution in [0.5, 0.6) is 0 Å². The van der Waals surface area contributed by atoms with Gasteiger partial charge in [0, 0.05) is 12.8 Å². The molecule has 21 heavy (non-hydrogen) atoms. The Hall–Kier alpha value is -1.40. The fraction of sp³-hybridized carbons (Fsp3) is 0.571. The summed E-state index contributed by atoms with van der Waals surface area (Å²) in [5, 5.41) is 0. The first-order valence-corrected chi connectivity index (χ1v) is 8.38. The quantitative estimate of drug-likeness (QED) is 0.225. The first-order chi connectivity index (χ1) is 10.3. The smallest absolute Gasteiger partial charge is 0.0597 e. The lowest BCUT2D eigenvalue weighted by molar-refractivity contribution is 0.706. The Morgan fingerprint density at radius 1 is 1.05 bits per heavy atom. The van der Waals surface area contributed by atoms with Crippen molar-refractivity contribution >= 4 is 0 Å². The topological polar surface area (TPSA) is 0 Å². The zero-order valence-electron chi connectivity index (χ0n) is 13.8. The molecule has 0 heterocycles. The average molecular weight is 283 g/mol. The summed E-state index contributed by atoms with van der Waals surface area (Å²) in [7, 11) is 0. The van der Waals surface area contributed by atoms with Gasteiger partial charge in [-0.1, -0.05) is 50.3 Å². The Balaban J connectivity index is 3.76. The van der Waals surface area contributed by atoms with Gasteiger partial charge >= 0.3 is 0 Å². The molecule has 0 atom stereocenters. The number of terminal acetylenes is 1.